The van der Waals surface area contributed by atoms with Crippen LogP contribution in [-0.4, -0.2) is 41.6 Å². The fourth-order valence-corrected chi connectivity index (χ4v) is 3.23. The predicted molar refractivity (Wildman–Crippen MR) is 98.8 cm³/mol. The molecule has 2 atom stereocenters. The van der Waals surface area contributed by atoms with Gasteiger partial charge in [-0.05, 0) is 24.3 Å². The molecule has 0 saturated carbocycles. The first-order chi connectivity index (χ1) is 12.5. The van der Waals surface area contributed by atoms with E-state index in [9.17, 15) is 18.8 Å². The summed E-state index contributed by atoms with van der Waals surface area (Å²) in [6.45, 7) is 3.90. The molecule has 1 fully saturated rings. The molecule has 1 aromatic rings. The van der Waals surface area contributed by atoms with Crippen molar-refractivity contribution >= 4 is 35.2 Å². The van der Waals surface area contributed by atoms with Gasteiger partial charge in [-0.3, -0.25) is 19.7 Å². The Morgan fingerprint density at radius 1 is 1.31 bits per heavy atom. The lowest BCUT2D eigenvalue weighted by Crippen LogP contribution is -2.56. The zero-order chi connectivity index (χ0) is 18.9. The van der Waals surface area contributed by atoms with E-state index >= 15 is 0 Å². The molecule has 0 bridgehead atoms. The Morgan fingerprint density at radius 2 is 2.04 bits per heavy atom. The summed E-state index contributed by atoms with van der Waals surface area (Å²) in [5, 5.41) is 11.2. The molecule has 1 saturated heterocycles. The lowest BCUT2D eigenvalue weighted by molar-refractivity contribution is -0.125. The van der Waals surface area contributed by atoms with Crippen molar-refractivity contribution in [3.63, 3.8) is 0 Å². The maximum absolute atomic E-state index is 12.8. The topological polar surface area (TPSA) is 99.3 Å². The number of carbonyl (C=O) groups excluding carboxylic acids is 3. The quantitative estimate of drug-likeness (QED) is 0.504. The van der Waals surface area contributed by atoms with E-state index in [1.54, 1.807) is 6.08 Å². The molecule has 4 N–H and O–H groups in total. The van der Waals surface area contributed by atoms with Crippen LogP contribution >= 0.6 is 11.8 Å². The van der Waals surface area contributed by atoms with Gasteiger partial charge in [-0.1, -0.05) is 6.08 Å². The molecule has 1 aromatic carbocycles. The van der Waals surface area contributed by atoms with Crippen molar-refractivity contribution in [3.8, 4) is 0 Å². The van der Waals surface area contributed by atoms with Gasteiger partial charge in [0.15, 0.2) is 0 Å². The second kappa shape index (κ2) is 9.93. The van der Waals surface area contributed by atoms with E-state index < -0.39 is 5.50 Å². The lowest BCUT2D eigenvalue weighted by Gasteiger charge is -2.30. The van der Waals surface area contributed by atoms with Gasteiger partial charge in [0.2, 0.25) is 17.7 Å². The van der Waals surface area contributed by atoms with Crippen molar-refractivity contribution in [3.05, 3.63) is 42.7 Å². The minimum absolute atomic E-state index is 0.0880. The van der Waals surface area contributed by atoms with E-state index in [4.69, 9.17) is 0 Å². The predicted octanol–water partition coefficient (Wildman–Crippen LogP) is 0.951. The zero-order valence-corrected chi connectivity index (χ0v) is 14.9. The average molecular weight is 380 g/mol. The van der Waals surface area contributed by atoms with Gasteiger partial charge in [0, 0.05) is 31.1 Å². The summed E-state index contributed by atoms with van der Waals surface area (Å²) < 4.78 is 12.8. The van der Waals surface area contributed by atoms with E-state index in [0.29, 0.717) is 12.2 Å². The second-order valence-electron chi connectivity index (χ2n) is 5.68. The molecule has 140 valence electrons. The number of anilines is 1. The highest BCUT2D eigenvalue weighted by Gasteiger charge is 2.27. The first-order valence-corrected chi connectivity index (χ1v) is 9.11. The number of hydrogen-bond acceptors (Lipinski definition) is 5. The van der Waals surface area contributed by atoms with Crippen molar-refractivity contribution < 1.29 is 18.8 Å². The van der Waals surface area contributed by atoms with Gasteiger partial charge in [-0.15, -0.1) is 18.3 Å². The molecule has 7 nitrogen and oxygen atoms in total. The van der Waals surface area contributed by atoms with Crippen LogP contribution in [0.5, 0.6) is 0 Å². The van der Waals surface area contributed by atoms with Crippen molar-refractivity contribution in [2.24, 2.45) is 0 Å². The molecule has 1 aliphatic heterocycles. The number of rotatable bonds is 8. The number of amides is 3. The number of carbonyl (C=O) groups is 3. The monoisotopic (exact) mass is 380 g/mol. The van der Waals surface area contributed by atoms with Crippen molar-refractivity contribution in [1.29, 1.82) is 0 Å². The fourth-order valence-electron chi connectivity index (χ4n) is 2.34. The van der Waals surface area contributed by atoms with Crippen molar-refractivity contribution in [1.82, 2.24) is 16.0 Å². The third-order valence-corrected chi connectivity index (χ3v) is 4.51. The van der Waals surface area contributed by atoms with Gasteiger partial charge >= 0.3 is 0 Å². The van der Waals surface area contributed by atoms with Crippen LogP contribution in [0.3, 0.4) is 0 Å². The molecule has 0 radical (unpaired) electrons. The normalized spacial score (nSPS) is 19.3. The highest BCUT2D eigenvalue weighted by molar-refractivity contribution is 8.00. The Kier molecular flexibility index (Phi) is 7.61. The average Bonchev–Trinajstić information content (AvgIpc) is 2.60. The Balaban J connectivity index is 1.77. The molecule has 9 heteroatoms. The second-order valence-corrected chi connectivity index (χ2v) is 6.77. The van der Waals surface area contributed by atoms with Gasteiger partial charge in [0.1, 0.15) is 11.3 Å². The third kappa shape index (κ3) is 6.85. The van der Waals surface area contributed by atoms with Crippen LogP contribution in [0.1, 0.15) is 12.8 Å². The maximum Gasteiger partial charge on any atom is 0.234 e. The van der Waals surface area contributed by atoms with Crippen LogP contribution < -0.4 is 21.3 Å². The molecular weight excluding hydrogens is 359 g/mol. The number of thioether (sulfide) groups is 1. The van der Waals surface area contributed by atoms with Crippen molar-refractivity contribution in [2.75, 3.05) is 17.6 Å². The molecule has 3 amide bonds. The Bertz CT molecular complexity index is 668. The summed E-state index contributed by atoms with van der Waals surface area (Å²) in [6.07, 6.45) is 1.94. The minimum atomic E-state index is -0.465. The zero-order valence-electron chi connectivity index (χ0n) is 14.1. The SMILES string of the molecule is C=CCNC(=O)CC1CC(=O)NC(SCC(=O)Nc2ccc(F)cc2)N1. The molecule has 1 heterocycles. The van der Waals surface area contributed by atoms with Crippen LogP contribution in [-0.2, 0) is 14.4 Å². The molecule has 2 rings (SSSR count). The Morgan fingerprint density at radius 3 is 2.73 bits per heavy atom. The van der Waals surface area contributed by atoms with Crippen molar-refractivity contribution in [2.45, 2.75) is 24.4 Å². The third-order valence-electron chi connectivity index (χ3n) is 3.50. The molecule has 26 heavy (non-hydrogen) atoms. The van der Waals surface area contributed by atoms with E-state index in [1.165, 1.54) is 36.0 Å². The van der Waals surface area contributed by atoms with E-state index in [0.717, 1.165) is 0 Å². The standard InChI is InChI=1S/C17H21FN4O3S/c1-2-7-19-14(23)8-13-9-15(24)22-17(21-13)26-10-16(25)20-12-5-3-11(18)4-6-12/h2-6,13,17,21H,1,7-10H2,(H,19,23)(H,20,25)(H,22,24). The summed E-state index contributed by atoms with van der Waals surface area (Å²) in [5.74, 6) is -0.917. The number of benzene rings is 1. The highest BCUT2D eigenvalue weighted by atomic mass is 32.2. The summed E-state index contributed by atoms with van der Waals surface area (Å²) in [7, 11) is 0. The summed E-state index contributed by atoms with van der Waals surface area (Å²) in [5.41, 5.74) is 0.0295. The van der Waals surface area contributed by atoms with E-state index in [2.05, 4.69) is 27.8 Å². The minimum Gasteiger partial charge on any atom is -0.353 e. The molecule has 0 aromatic heterocycles. The fraction of sp³-hybridized carbons (Fsp3) is 0.353. The molecule has 0 aliphatic carbocycles. The summed E-state index contributed by atoms with van der Waals surface area (Å²) in [6, 6.07) is 5.15. The maximum atomic E-state index is 12.8. The van der Waals surface area contributed by atoms with Gasteiger partial charge in [-0.2, -0.15) is 0 Å². The van der Waals surface area contributed by atoms with Gasteiger partial charge in [-0.25, -0.2) is 4.39 Å². The number of hydrogen-bond donors (Lipinski definition) is 4. The van der Waals surface area contributed by atoms with Crippen LogP contribution in [0.25, 0.3) is 0 Å². The van der Waals surface area contributed by atoms with Crippen LogP contribution in [0.2, 0.25) is 0 Å². The lowest BCUT2D eigenvalue weighted by atomic mass is 10.1. The highest BCUT2D eigenvalue weighted by Crippen LogP contribution is 2.15. The molecule has 1 aliphatic rings. The van der Waals surface area contributed by atoms with Crippen LogP contribution in [0.4, 0.5) is 10.1 Å². The summed E-state index contributed by atoms with van der Waals surface area (Å²) >= 11 is 1.20. The van der Waals surface area contributed by atoms with Crippen LogP contribution in [0.15, 0.2) is 36.9 Å². The number of halogens is 1. The first kappa shape index (κ1) is 19.9. The molecule has 2 unspecified atom stereocenters. The molecule has 0 spiro atoms. The summed E-state index contributed by atoms with van der Waals surface area (Å²) in [4.78, 5) is 35.5. The van der Waals surface area contributed by atoms with Gasteiger partial charge < -0.3 is 16.0 Å². The Hall–Kier alpha value is -2.39. The van der Waals surface area contributed by atoms with Gasteiger partial charge in [0.25, 0.3) is 0 Å². The first-order valence-electron chi connectivity index (χ1n) is 8.06. The van der Waals surface area contributed by atoms with Crippen LogP contribution in [0, 0.1) is 5.82 Å². The van der Waals surface area contributed by atoms with E-state index in [-0.39, 0.29) is 48.2 Å². The Labute approximate surface area is 155 Å². The number of nitrogens with one attached hydrogen (secondary N) is 4. The van der Waals surface area contributed by atoms with E-state index in [1.807, 2.05) is 0 Å². The molecular formula is C17H21FN4O3S. The van der Waals surface area contributed by atoms with Gasteiger partial charge in [0.05, 0.1) is 5.75 Å². The smallest absolute Gasteiger partial charge is 0.234 e. The largest absolute Gasteiger partial charge is 0.353 e.